The number of nitrogens with zero attached hydrogens (tertiary/aromatic N) is 4. The normalized spacial score (nSPS) is 10.8. The lowest BCUT2D eigenvalue weighted by Crippen LogP contribution is -2.16. The maximum absolute atomic E-state index is 5.82. The van der Waals surface area contributed by atoms with E-state index in [1.54, 1.807) is 0 Å². The van der Waals surface area contributed by atoms with Gasteiger partial charge in [-0.15, -0.1) is 5.10 Å². The second-order valence-electron chi connectivity index (χ2n) is 6.05. The van der Waals surface area contributed by atoms with E-state index in [1.165, 1.54) is 0 Å². The van der Waals surface area contributed by atoms with Crippen LogP contribution in [0.5, 0.6) is 11.5 Å². The zero-order valence-corrected chi connectivity index (χ0v) is 14.3. The van der Waals surface area contributed by atoms with Crippen LogP contribution in [0.1, 0.15) is 25.6 Å². The fourth-order valence-corrected chi connectivity index (χ4v) is 2.37. The van der Waals surface area contributed by atoms with Gasteiger partial charge in [0.15, 0.2) is 0 Å². The summed E-state index contributed by atoms with van der Waals surface area (Å²) >= 11 is 0. The zero-order chi connectivity index (χ0) is 16.9. The molecule has 0 saturated heterocycles. The van der Waals surface area contributed by atoms with E-state index in [4.69, 9.17) is 4.74 Å². The molecule has 0 spiro atoms. The first-order valence-corrected chi connectivity index (χ1v) is 8.06. The van der Waals surface area contributed by atoms with Gasteiger partial charge in [0.2, 0.25) is 0 Å². The van der Waals surface area contributed by atoms with Crippen molar-refractivity contribution in [2.24, 2.45) is 0 Å². The number of para-hydroxylation sites is 1. The van der Waals surface area contributed by atoms with Crippen molar-refractivity contribution in [3.63, 3.8) is 0 Å². The van der Waals surface area contributed by atoms with Crippen molar-refractivity contribution < 1.29 is 4.74 Å². The maximum Gasteiger partial charge on any atom is 0.127 e. The van der Waals surface area contributed by atoms with E-state index >= 15 is 0 Å². The van der Waals surface area contributed by atoms with Crippen molar-refractivity contribution >= 4 is 5.69 Å². The van der Waals surface area contributed by atoms with E-state index in [9.17, 15) is 0 Å². The summed E-state index contributed by atoms with van der Waals surface area (Å²) in [7, 11) is 2.04. The van der Waals surface area contributed by atoms with Crippen LogP contribution in [0.2, 0.25) is 0 Å². The predicted molar refractivity (Wildman–Crippen MR) is 95.5 cm³/mol. The third-order valence-corrected chi connectivity index (χ3v) is 3.74. The minimum atomic E-state index is 0.325. The Hall–Kier alpha value is -2.82. The first-order chi connectivity index (χ1) is 11.6. The second kappa shape index (κ2) is 7.17. The Morgan fingerprint density at radius 3 is 2.29 bits per heavy atom. The van der Waals surface area contributed by atoms with Crippen LogP contribution in [0.25, 0.3) is 0 Å². The first kappa shape index (κ1) is 16.1. The molecule has 3 aromatic rings. The highest BCUT2D eigenvalue weighted by Crippen LogP contribution is 2.24. The molecule has 0 unspecified atom stereocenters. The Bertz CT molecular complexity index is 766. The van der Waals surface area contributed by atoms with Gasteiger partial charge in [-0.2, -0.15) is 0 Å². The standard InChI is InChI=1S/C19H22N4O/c1-15(2)23-14-16(20-21-23)13-22(3)17-9-11-19(12-10-17)24-18-7-5-4-6-8-18/h4-12,14-15H,13H2,1-3H3. The molecule has 0 radical (unpaired) electrons. The molecular formula is C19H22N4O. The Labute approximate surface area is 142 Å². The van der Waals surface area contributed by atoms with E-state index < -0.39 is 0 Å². The van der Waals surface area contributed by atoms with Gasteiger partial charge in [-0.1, -0.05) is 23.4 Å². The van der Waals surface area contributed by atoms with Crippen LogP contribution in [0.4, 0.5) is 5.69 Å². The molecule has 0 N–H and O–H groups in total. The smallest absolute Gasteiger partial charge is 0.127 e. The summed E-state index contributed by atoms with van der Waals surface area (Å²) in [4.78, 5) is 2.14. The quantitative estimate of drug-likeness (QED) is 0.679. The van der Waals surface area contributed by atoms with E-state index in [1.807, 2.05) is 72.5 Å². The number of aromatic nitrogens is 3. The zero-order valence-electron chi connectivity index (χ0n) is 14.3. The fraction of sp³-hybridized carbons (Fsp3) is 0.263. The van der Waals surface area contributed by atoms with E-state index in [0.29, 0.717) is 12.6 Å². The summed E-state index contributed by atoms with van der Waals surface area (Å²) in [5, 5.41) is 8.37. The van der Waals surface area contributed by atoms with Gasteiger partial charge in [-0.05, 0) is 50.2 Å². The van der Waals surface area contributed by atoms with Gasteiger partial charge in [-0.3, -0.25) is 0 Å². The molecule has 5 nitrogen and oxygen atoms in total. The van der Waals surface area contributed by atoms with Crippen LogP contribution in [0.15, 0.2) is 60.8 Å². The van der Waals surface area contributed by atoms with Gasteiger partial charge >= 0.3 is 0 Å². The van der Waals surface area contributed by atoms with E-state index in [-0.39, 0.29) is 0 Å². The minimum Gasteiger partial charge on any atom is -0.457 e. The first-order valence-electron chi connectivity index (χ1n) is 8.06. The Balaban J connectivity index is 1.63. The average molecular weight is 322 g/mol. The second-order valence-corrected chi connectivity index (χ2v) is 6.05. The number of hydrogen-bond acceptors (Lipinski definition) is 4. The molecule has 0 aliphatic rings. The lowest BCUT2D eigenvalue weighted by molar-refractivity contribution is 0.482. The topological polar surface area (TPSA) is 43.2 Å². The number of benzene rings is 2. The van der Waals surface area contributed by atoms with Crippen molar-refractivity contribution in [3.8, 4) is 11.5 Å². The van der Waals surface area contributed by atoms with Crippen molar-refractivity contribution in [2.45, 2.75) is 26.4 Å². The highest BCUT2D eigenvalue weighted by Gasteiger charge is 2.08. The van der Waals surface area contributed by atoms with Crippen LogP contribution in [0, 0.1) is 0 Å². The van der Waals surface area contributed by atoms with Crippen LogP contribution in [-0.4, -0.2) is 22.0 Å². The fourth-order valence-electron chi connectivity index (χ4n) is 2.37. The molecule has 0 amide bonds. The van der Waals surface area contributed by atoms with Gasteiger partial charge in [0.25, 0.3) is 0 Å². The van der Waals surface area contributed by atoms with Gasteiger partial charge in [-0.25, -0.2) is 4.68 Å². The lowest BCUT2D eigenvalue weighted by atomic mass is 10.2. The molecule has 0 atom stereocenters. The molecule has 0 bridgehead atoms. The Morgan fingerprint density at radius 2 is 1.67 bits per heavy atom. The lowest BCUT2D eigenvalue weighted by Gasteiger charge is -2.18. The van der Waals surface area contributed by atoms with Crippen LogP contribution in [-0.2, 0) is 6.54 Å². The number of rotatable bonds is 6. The van der Waals surface area contributed by atoms with Crippen molar-refractivity contribution in [2.75, 3.05) is 11.9 Å². The summed E-state index contributed by atoms with van der Waals surface area (Å²) in [5.74, 6) is 1.66. The van der Waals surface area contributed by atoms with Gasteiger partial charge < -0.3 is 9.64 Å². The number of ether oxygens (including phenoxy) is 1. The van der Waals surface area contributed by atoms with Gasteiger partial charge in [0, 0.05) is 18.8 Å². The van der Waals surface area contributed by atoms with Crippen molar-refractivity contribution in [1.82, 2.24) is 15.0 Å². The van der Waals surface area contributed by atoms with Crippen LogP contribution >= 0.6 is 0 Å². The highest BCUT2D eigenvalue weighted by molar-refractivity contribution is 5.49. The van der Waals surface area contributed by atoms with E-state index in [2.05, 4.69) is 29.1 Å². The molecule has 1 heterocycles. The van der Waals surface area contributed by atoms with Crippen molar-refractivity contribution in [3.05, 3.63) is 66.5 Å². The third-order valence-electron chi connectivity index (χ3n) is 3.74. The monoisotopic (exact) mass is 322 g/mol. The average Bonchev–Trinajstić information content (AvgIpc) is 3.05. The molecular weight excluding hydrogens is 300 g/mol. The Morgan fingerprint density at radius 1 is 1.00 bits per heavy atom. The molecule has 2 aromatic carbocycles. The summed E-state index contributed by atoms with van der Waals surface area (Å²) < 4.78 is 7.69. The van der Waals surface area contributed by atoms with Gasteiger partial charge in [0.05, 0.1) is 12.7 Å². The molecule has 24 heavy (non-hydrogen) atoms. The third kappa shape index (κ3) is 3.93. The number of hydrogen-bond donors (Lipinski definition) is 0. The molecule has 124 valence electrons. The predicted octanol–water partition coefficient (Wildman–Crippen LogP) is 4.29. The molecule has 5 heteroatoms. The molecule has 0 fully saturated rings. The summed E-state index contributed by atoms with van der Waals surface area (Å²) in [5.41, 5.74) is 2.06. The summed E-state index contributed by atoms with van der Waals surface area (Å²) in [6.45, 7) is 4.90. The molecule has 3 rings (SSSR count). The highest BCUT2D eigenvalue weighted by atomic mass is 16.5. The molecule has 0 aliphatic heterocycles. The molecule has 0 aliphatic carbocycles. The SMILES string of the molecule is CC(C)n1cc(CN(C)c2ccc(Oc3ccccc3)cc2)nn1. The minimum absolute atomic E-state index is 0.325. The van der Waals surface area contributed by atoms with Gasteiger partial charge in [0.1, 0.15) is 17.2 Å². The van der Waals surface area contributed by atoms with E-state index in [0.717, 1.165) is 22.9 Å². The van der Waals surface area contributed by atoms with Crippen LogP contribution in [0.3, 0.4) is 0 Å². The van der Waals surface area contributed by atoms with Crippen molar-refractivity contribution in [1.29, 1.82) is 0 Å². The molecule has 0 saturated carbocycles. The largest absolute Gasteiger partial charge is 0.457 e. The molecule has 1 aromatic heterocycles. The summed E-state index contributed by atoms with van der Waals surface area (Å²) in [6, 6.07) is 18.1. The Kier molecular flexibility index (Phi) is 4.79. The summed E-state index contributed by atoms with van der Waals surface area (Å²) in [6.07, 6.45) is 1.99. The van der Waals surface area contributed by atoms with Crippen LogP contribution < -0.4 is 9.64 Å². The number of anilines is 1. The maximum atomic E-state index is 5.82.